The molecule has 0 radical (unpaired) electrons. The third kappa shape index (κ3) is 2.62. The van der Waals surface area contributed by atoms with Gasteiger partial charge in [-0.15, -0.1) is 0 Å². The van der Waals surface area contributed by atoms with Gasteiger partial charge in [0.2, 0.25) is 5.91 Å². The maximum absolute atomic E-state index is 12.0. The van der Waals surface area contributed by atoms with E-state index in [0.29, 0.717) is 16.4 Å². The average molecular weight is 303 g/mol. The molecule has 0 bridgehead atoms. The van der Waals surface area contributed by atoms with Gasteiger partial charge in [0.05, 0.1) is 29.4 Å². The fourth-order valence-corrected chi connectivity index (χ4v) is 2.73. The van der Waals surface area contributed by atoms with Crippen molar-refractivity contribution in [2.45, 2.75) is 6.42 Å². The molecule has 1 saturated heterocycles. The van der Waals surface area contributed by atoms with Crippen LogP contribution in [0.2, 0.25) is 10.0 Å². The largest absolute Gasteiger partial charge is 0.469 e. The van der Waals surface area contributed by atoms with Crippen LogP contribution in [0.5, 0.6) is 0 Å². The van der Waals surface area contributed by atoms with E-state index in [0.717, 1.165) is 0 Å². The standard InChI is InChI=1S/C12H12Cl2N2O3/c1-19-12(18)6-2-10(17)16(5-6)11-8(14)3-7(13)4-9(11)15/h3-4,6H,2,5,15H2,1H3. The van der Waals surface area contributed by atoms with E-state index in [9.17, 15) is 9.59 Å². The number of carbonyl (C=O) groups excluding carboxylic acids is 2. The van der Waals surface area contributed by atoms with Gasteiger partial charge in [-0.05, 0) is 12.1 Å². The number of carbonyl (C=O) groups is 2. The summed E-state index contributed by atoms with van der Waals surface area (Å²) in [6, 6.07) is 3.02. The first-order valence-electron chi connectivity index (χ1n) is 5.56. The van der Waals surface area contributed by atoms with Crippen LogP contribution >= 0.6 is 23.2 Å². The molecule has 1 atom stereocenters. The Balaban J connectivity index is 2.33. The number of nitrogen functional groups attached to an aromatic ring is 1. The fraction of sp³-hybridized carbons (Fsp3) is 0.333. The van der Waals surface area contributed by atoms with Gasteiger partial charge in [-0.2, -0.15) is 0 Å². The lowest BCUT2D eigenvalue weighted by atomic mass is 10.1. The van der Waals surface area contributed by atoms with Gasteiger partial charge in [-0.1, -0.05) is 23.2 Å². The van der Waals surface area contributed by atoms with E-state index in [1.165, 1.54) is 24.1 Å². The second-order valence-corrected chi connectivity index (χ2v) is 5.10. The summed E-state index contributed by atoms with van der Waals surface area (Å²) in [5.41, 5.74) is 6.53. The Labute approximate surface area is 120 Å². The Hall–Kier alpha value is -1.46. The molecule has 0 aromatic heterocycles. The van der Waals surface area contributed by atoms with Gasteiger partial charge in [-0.3, -0.25) is 9.59 Å². The van der Waals surface area contributed by atoms with Crippen molar-refractivity contribution in [2.75, 3.05) is 24.3 Å². The smallest absolute Gasteiger partial charge is 0.311 e. The molecule has 2 rings (SSSR count). The molecular weight excluding hydrogens is 291 g/mol. The van der Waals surface area contributed by atoms with Crippen molar-refractivity contribution in [1.82, 2.24) is 0 Å². The second-order valence-electron chi connectivity index (χ2n) is 4.25. The Morgan fingerprint density at radius 1 is 1.47 bits per heavy atom. The predicted molar refractivity (Wildman–Crippen MR) is 73.4 cm³/mol. The lowest BCUT2D eigenvalue weighted by Crippen LogP contribution is -2.27. The molecule has 1 unspecified atom stereocenters. The van der Waals surface area contributed by atoms with Crippen molar-refractivity contribution in [3.8, 4) is 0 Å². The first kappa shape index (κ1) is 14.0. The van der Waals surface area contributed by atoms with Crippen LogP contribution < -0.4 is 10.6 Å². The van der Waals surface area contributed by atoms with Gasteiger partial charge < -0.3 is 15.4 Å². The molecule has 1 aromatic rings. The Morgan fingerprint density at radius 3 is 2.74 bits per heavy atom. The highest BCUT2D eigenvalue weighted by Crippen LogP contribution is 2.38. The topological polar surface area (TPSA) is 72.6 Å². The zero-order valence-electron chi connectivity index (χ0n) is 10.2. The molecule has 1 aliphatic heterocycles. The van der Waals surface area contributed by atoms with Crippen LogP contribution in [0.3, 0.4) is 0 Å². The zero-order chi connectivity index (χ0) is 14.2. The SMILES string of the molecule is COC(=O)C1CC(=O)N(c2c(N)cc(Cl)cc2Cl)C1. The molecule has 102 valence electrons. The van der Waals surface area contributed by atoms with Crippen molar-refractivity contribution < 1.29 is 14.3 Å². The molecule has 1 heterocycles. The Bertz CT molecular complexity index is 525. The first-order valence-corrected chi connectivity index (χ1v) is 6.32. The van der Waals surface area contributed by atoms with Crippen molar-refractivity contribution >= 4 is 46.5 Å². The number of methoxy groups -OCH3 is 1. The van der Waals surface area contributed by atoms with Crippen LogP contribution in [0.15, 0.2) is 12.1 Å². The zero-order valence-corrected chi connectivity index (χ0v) is 11.7. The fourth-order valence-electron chi connectivity index (χ4n) is 2.12. The molecule has 1 aliphatic rings. The summed E-state index contributed by atoms with van der Waals surface area (Å²) in [4.78, 5) is 24.8. The summed E-state index contributed by atoms with van der Waals surface area (Å²) in [6.07, 6.45) is 0.0884. The van der Waals surface area contributed by atoms with Crippen LogP contribution in [-0.2, 0) is 14.3 Å². The van der Waals surface area contributed by atoms with E-state index in [1.807, 2.05) is 0 Å². The van der Waals surface area contributed by atoms with E-state index in [1.54, 1.807) is 0 Å². The number of nitrogens with two attached hydrogens (primary N) is 1. The van der Waals surface area contributed by atoms with Gasteiger partial charge in [-0.25, -0.2) is 0 Å². The minimum absolute atomic E-state index is 0.0884. The highest BCUT2D eigenvalue weighted by atomic mass is 35.5. The van der Waals surface area contributed by atoms with Gasteiger partial charge >= 0.3 is 5.97 Å². The van der Waals surface area contributed by atoms with E-state index in [-0.39, 0.29) is 23.9 Å². The quantitative estimate of drug-likeness (QED) is 0.671. The van der Waals surface area contributed by atoms with Crippen LogP contribution in [0, 0.1) is 5.92 Å². The second kappa shape index (κ2) is 5.27. The molecule has 19 heavy (non-hydrogen) atoms. The van der Waals surface area contributed by atoms with Crippen LogP contribution in [-0.4, -0.2) is 25.5 Å². The van der Waals surface area contributed by atoms with Gasteiger partial charge in [0, 0.05) is 18.0 Å². The summed E-state index contributed by atoms with van der Waals surface area (Å²) < 4.78 is 4.64. The minimum Gasteiger partial charge on any atom is -0.469 e. The first-order chi connectivity index (χ1) is 8.93. The monoisotopic (exact) mass is 302 g/mol. The number of halogens is 2. The molecule has 0 aliphatic carbocycles. The number of benzene rings is 1. The lowest BCUT2D eigenvalue weighted by molar-refractivity contribution is -0.145. The molecule has 5 nitrogen and oxygen atoms in total. The van der Waals surface area contributed by atoms with Crippen molar-refractivity contribution in [1.29, 1.82) is 0 Å². The Kier molecular flexibility index (Phi) is 3.87. The molecule has 1 fully saturated rings. The maximum Gasteiger partial charge on any atom is 0.311 e. The van der Waals surface area contributed by atoms with E-state index >= 15 is 0 Å². The summed E-state index contributed by atoms with van der Waals surface area (Å²) in [5.74, 6) is -1.13. The van der Waals surface area contributed by atoms with Crippen molar-refractivity contribution in [2.24, 2.45) is 5.92 Å². The third-order valence-electron chi connectivity index (χ3n) is 2.99. The molecule has 7 heteroatoms. The van der Waals surface area contributed by atoms with Crippen LogP contribution in [0.4, 0.5) is 11.4 Å². The highest BCUT2D eigenvalue weighted by Gasteiger charge is 2.37. The summed E-state index contributed by atoms with van der Waals surface area (Å²) in [7, 11) is 1.29. The van der Waals surface area contributed by atoms with Gasteiger partial charge in [0.25, 0.3) is 0 Å². The highest BCUT2D eigenvalue weighted by molar-refractivity contribution is 6.37. The summed E-state index contributed by atoms with van der Waals surface area (Å²) in [6.45, 7) is 0.205. The number of ether oxygens (including phenoxy) is 1. The number of anilines is 2. The number of rotatable bonds is 2. The maximum atomic E-state index is 12.0. The molecule has 2 N–H and O–H groups in total. The Morgan fingerprint density at radius 2 is 2.16 bits per heavy atom. The lowest BCUT2D eigenvalue weighted by Gasteiger charge is -2.20. The van der Waals surface area contributed by atoms with Gasteiger partial charge in [0.1, 0.15) is 0 Å². The molecule has 0 spiro atoms. The summed E-state index contributed by atoms with van der Waals surface area (Å²) >= 11 is 11.9. The van der Waals surface area contributed by atoms with Crippen LogP contribution in [0.25, 0.3) is 0 Å². The number of amides is 1. The predicted octanol–water partition coefficient (Wildman–Crippen LogP) is 2.10. The molecule has 1 aromatic carbocycles. The summed E-state index contributed by atoms with van der Waals surface area (Å²) in [5, 5.41) is 0.672. The molecule has 1 amide bonds. The number of esters is 1. The van der Waals surface area contributed by atoms with Crippen LogP contribution in [0.1, 0.15) is 6.42 Å². The number of nitrogens with zero attached hydrogens (tertiary/aromatic N) is 1. The van der Waals surface area contributed by atoms with E-state index < -0.39 is 11.9 Å². The van der Waals surface area contributed by atoms with Crippen molar-refractivity contribution in [3.05, 3.63) is 22.2 Å². The van der Waals surface area contributed by atoms with E-state index in [4.69, 9.17) is 28.9 Å². The minimum atomic E-state index is -0.497. The normalized spacial score (nSPS) is 18.8. The molecule has 0 saturated carbocycles. The van der Waals surface area contributed by atoms with Crippen molar-refractivity contribution in [3.63, 3.8) is 0 Å². The third-order valence-corrected chi connectivity index (χ3v) is 3.49. The number of hydrogen-bond donors (Lipinski definition) is 1. The van der Waals surface area contributed by atoms with E-state index in [2.05, 4.69) is 4.74 Å². The average Bonchev–Trinajstić information content (AvgIpc) is 2.69. The number of hydrogen-bond acceptors (Lipinski definition) is 4. The van der Waals surface area contributed by atoms with Gasteiger partial charge in [0.15, 0.2) is 0 Å². The molecular formula is C12H12Cl2N2O3.